The van der Waals surface area contributed by atoms with E-state index in [1.165, 1.54) is 63.9 Å². The van der Waals surface area contributed by atoms with E-state index < -0.39 is 11.6 Å². The first kappa shape index (κ1) is 33.1. The van der Waals surface area contributed by atoms with Gasteiger partial charge in [-0.15, -0.1) is 0 Å². The van der Waals surface area contributed by atoms with E-state index in [0.717, 1.165) is 44.3 Å². The molecule has 0 spiro atoms. The Morgan fingerprint density at radius 1 is 0.674 bits per heavy atom. The second-order valence-corrected chi connectivity index (χ2v) is 12.1. The number of rotatable bonds is 17. The Balaban J connectivity index is 1.31. The second kappa shape index (κ2) is 17.5. The third-order valence-corrected chi connectivity index (χ3v) is 8.76. The van der Waals surface area contributed by atoms with Crippen molar-refractivity contribution in [1.29, 1.82) is 0 Å². The molecule has 0 saturated carbocycles. The molecule has 0 aromatic heterocycles. The summed E-state index contributed by atoms with van der Waals surface area (Å²) in [7, 11) is 0. The number of benzene rings is 3. The molecular formula is C38H49F3O2. The minimum Gasteiger partial charge on any atom is -0.490 e. The molecule has 1 saturated heterocycles. The van der Waals surface area contributed by atoms with Crippen LogP contribution in [0.4, 0.5) is 13.2 Å². The highest BCUT2D eigenvalue weighted by atomic mass is 19.2. The summed E-state index contributed by atoms with van der Waals surface area (Å²) in [6.07, 6.45) is 16.2. The molecule has 1 fully saturated rings. The summed E-state index contributed by atoms with van der Waals surface area (Å²) in [6.45, 7) is 5.52. The van der Waals surface area contributed by atoms with Gasteiger partial charge in [-0.3, -0.25) is 0 Å². The zero-order chi connectivity index (χ0) is 30.4. The van der Waals surface area contributed by atoms with Crippen molar-refractivity contribution in [1.82, 2.24) is 0 Å². The third-order valence-electron chi connectivity index (χ3n) is 8.76. The van der Waals surface area contributed by atoms with Gasteiger partial charge in [0.05, 0.1) is 19.3 Å². The highest BCUT2D eigenvalue weighted by Crippen LogP contribution is 2.36. The van der Waals surface area contributed by atoms with Gasteiger partial charge in [-0.1, -0.05) is 114 Å². The molecule has 2 unspecified atom stereocenters. The normalized spacial score (nSPS) is 16.9. The van der Waals surface area contributed by atoms with Gasteiger partial charge < -0.3 is 9.47 Å². The molecule has 43 heavy (non-hydrogen) atoms. The highest BCUT2D eigenvalue weighted by Gasteiger charge is 2.24. The van der Waals surface area contributed by atoms with Crippen molar-refractivity contribution in [3.63, 3.8) is 0 Å². The van der Waals surface area contributed by atoms with E-state index in [1.807, 2.05) is 6.07 Å². The van der Waals surface area contributed by atoms with Gasteiger partial charge in [0.1, 0.15) is 5.82 Å². The van der Waals surface area contributed by atoms with Crippen molar-refractivity contribution < 1.29 is 22.6 Å². The molecule has 3 aromatic rings. The maximum atomic E-state index is 15.2. The van der Waals surface area contributed by atoms with Crippen molar-refractivity contribution in [2.75, 3.05) is 13.2 Å². The SMILES string of the molecule is CCCCCCCCOc1ccc(-c2ccc(-c3ccc(C4CCC(CCCCCCC)CO4)cc3F)cc2)c(F)c1F. The summed E-state index contributed by atoms with van der Waals surface area (Å²) in [5.41, 5.74) is 2.70. The van der Waals surface area contributed by atoms with Gasteiger partial charge in [-0.05, 0) is 66.5 Å². The predicted molar refractivity (Wildman–Crippen MR) is 171 cm³/mol. The lowest BCUT2D eigenvalue weighted by Crippen LogP contribution is -2.20. The lowest BCUT2D eigenvalue weighted by Gasteiger charge is -2.29. The molecule has 4 rings (SSSR count). The fourth-order valence-corrected chi connectivity index (χ4v) is 6.06. The minimum atomic E-state index is -0.975. The first-order chi connectivity index (χ1) is 21.0. The van der Waals surface area contributed by atoms with Crippen LogP contribution in [0.1, 0.15) is 115 Å². The molecule has 2 atom stereocenters. The van der Waals surface area contributed by atoms with Crippen LogP contribution in [0, 0.1) is 23.4 Å². The zero-order valence-corrected chi connectivity index (χ0v) is 26.1. The minimum absolute atomic E-state index is 0.0616. The molecule has 0 radical (unpaired) electrons. The fourth-order valence-electron chi connectivity index (χ4n) is 6.06. The molecule has 234 valence electrons. The zero-order valence-electron chi connectivity index (χ0n) is 26.1. The van der Waals surface area contributed by atoms with E-state index in [-0.39, 0.29) is 23.2 Å². The van der Waals surface area contributed by atoms with Crippen LogP contribution in [0.3, 0.4) is 0 Å². The fraction of sp³-hybridized carbons (Fsp3) is 0.526. The van der Waals surface area contributed by atoms with E-state index >= 15 is 4.39 Å². The Hall–Kier alpha value is -2.79. The molecule has 0 aliphatic carbocycles. The molecule has 1 heterocycles. The molecule has 1 aliphatic heterocycles. The lowest BCUT2D eigenvalue weighted by molar-refractivity contribution is -0.0200. The predicted octanol–water partition coefficient (Wildman–Crippen LogP) is 12.0. The summed E-state index contributed by atoms with van der Waals surface area (Å²) in [4.78, 5) is 0. The summed E-state index contributed by atoms with van der Waals surface area (Å²) in [5, 5.41) is 0. The van der Waals surface area contributed by atoms with Crippen LogP contribution in [0.15, 0.2) is 54.6 Å². The average Bonchev–Trinajstić information content (AvgIpc) is 3.03. The standard InChI is InChI=1S/C38H49F3O2/c1-3-5-7-9-11-13-25-42-36-24-22-33(37(40)38(36)41)30-18-16-29(17-19-30)32-21-20-31(26-34(32)39)35-23-15-28(27-43-35)14-12-10-8-6-4-2/h16-22,24,26,28,35H,3-15,23,25,27H2,1-2H3. The third kappa shape index (κ3) is 9.60. The van der Waals surface area contributed by atoms with Gasteiger partial charge >= 0.3 is 0 Å². The molecule has 3 aromatic carbocycles. The molecule has 0 bridgehead atoms. The van der Waals surface area contributed by atoms with E-state index in [4.69, 9.17) is 9.47 Å². The summed E-state index contributed by atoms with van der Waals surface area (Å²) in [5.74, 6) is -1.68. The van der Waals surface area contributed by atoms with Crippen LogP contribution in [-0.2, 0) is 4.74 Å². The van der Waals surface area contributed by atoms with Crippen LogP contribution < -0.4 is 4.74 Å². The highest BCUT2D eigenvalue weighted by molar-refractivity contribution is 5.71. The largest absolute Gasteiger partial charge is 0.490 e. The van der Waals surface area contributed by atoms with E-state index in [1.54, 1.807) is 42.5 Å². The van der Waals surface area contributed by atoms with Crippen molar-refractivity contribution in [3.8, 4) is 28.0 Å². The molecule has 2 nitrogen and oxygen atoms in total. The first-order valence-electron chi connectivity index (χ1n) is 16.6. The summed E-state index contributed by atoms with van der Waals surface area (Å²) in [6, 6.07) is 15.2. The molecule has 0 amide bonds. The van der Waals surface area contributed by atoms with Crippen molar-refractivity contribution in [2.24, 2.45) is 5.92 Å². The Bertz CT molecular complexity index is 1250. The van der Waals surface area contributed by atoms with Gasteiger partial charge in [0.2, 0.25) is 5.82 Å². The Morgan fingerprint density at radius 2 is 1.30 bits per heavy atom. The van der Waals surface area contributed by atoms with Gasteiger partial charge in [-0.25, -0.2) is 8.78 Å². The number of halogens is 3. The van der Waals surface area contributed by atoms with Crippen LogP contribution in [0.5, 0.6) is 5.75 Å². The molecule has 0 N–H and O–H groups in total. The monoisotopic (exact) mass is 594 g/mol. The van der Waals surface area contributed by atoms with Crippen molar-refractivity contribution in [2.45, 2.75) is 110 Å². The smallest absolute Gasteiger partial charge is 0.201 e. The van der Waals surface area contributed by atoms with Crippen LogP contribution in [0.2, 0.25) is 0 Å². The van der Waals surface area contributed by atoms with Gasteiger partial charge in [0.25, 0.3) is 0 Å². The topological polar surface area (TPSA) is 18.5 Å². The number of hydrogen-bond donors (Lipinski definition) is 0. The molecule has 5 heteroatoms. The summed E-state index contributed by atoms with van der Waals surface area (Å²) >= 11 is 0. The molecule has 1 aliphatic rings. The maximum absolute atomic E-state index is 15.2. The second-order valence-electron chi connectivity index (χ2n) is 12.1. The van der Waals surface area contributed by atoms with Crippen molar-refractivity contribution in [3.05, 3.63) is 77.6 Å². The number of hydrogen-bond acceptors (Lipinski definition) is 2. The van der Waals surface area contributed by atoms with E-state index in [2.05, 4.69) is 13.8 Å². The Kier molecular flexibility index (Phi) is 13.5. The Morgan fingerprint density at radius 3 is 1.95 bits per heavy atom. The van der Waals surface area contributed by atoms with Gasteiger partial charge in [-0.2, -0.15) is 4.39 Å². The maximum Gasteiger partial charge on any atom is 0.201 e. The first-order valence-corrected chi connectivity index (χ1v) is 16.6. The van der Waals surface area contributed by atoms with Gasteiger partial charge in [0, 0.05) is 11.1 Å². The quantitative estimate of drug-likeness (QED) is 0.145. The number of ether oxygens (including phenoxy) is 2. The van der Waals surface area contributed by atoms with E-state index in [0.29, 0.717) is 29.2 Å². The lowest BCUT2D eigenvalue weighted by atomic mass is 9.90. The molecular weight excluding hydrogens is 545 g/mol. The summed E-state index contributed by atoms with van der Waals surface area (Å²) < 4.78 is 56.7. The van der Waals surface area contributed by atoms with Crippen LogP contribution in [0.25, 0.3) is 22.3 Å². The van der Waals surface area contributed by atoms with Crippen molar-refractivity contribution >= 4 is 0 Å². The average molecular weight is 595 g/mol. The van der Waals surface area contributed by atoms with Gasteiger partial charge in [0.15, 0.2) is 11.6 Å². The van der Waals surface area contributed by atoms with E-state index in [9.17, 15) is 8.78 Å². The Labute approximate surface area is 257 Å². The van der Waals surface area contributed by atoms with Crippen LogP contribution >= 0.6 is 0 Å². The van der Waals surface area contributed by atoms with Crippen LogP contribution in [-0.4, -0.2) is 13.2 Å². The number of unbranched alkanes of at least 4 members (excludes halogenated alkanes) is 9.